The van der Waals surface area contributed by atoms with Crippen molar-refractivity contribution in [2.75, 3.05) is 13.1 Å². The Balaban J connectivity index is 1.61. The van der Waals surface area contributed by atoms with Crippen molar-refractivity contribution < 1.29 is 22.5 Å². The van der Waals surface area contributed by atoms with Crippen molar-refractivity contribution in [2.45, 2.75) is 23.8 Å². The van der Waals surface area contributed by atoms with Crippen molar-refractivity contribution >= 4 is 21.6 Å². The molecule has 0 aromatic heterocycles. The summed E-state index contributed by atoms with van der Waals surface area (Å²) in [5.41, 5.74) is 0.0265. The minimum Gasteiger partial charge on any atom is -0.349 e. The molecule has 0 aliphatic carbocycles. The minimum atomic E-state index is -3.77. The molecule has 1 heterocycles. The summed E-state index contributed by atoms with van der Waals surface area (Å²) < 4.78 is 39.9. The highest BCUT2D eigenvalue weighted by Crippen LogP contribution is 2.23. The van der Waals surface area contributed by atoms with E-state index in [1.165, 1.54) is 34.6 Å². The number of hydrogen-bond acceptors (Lipinski definition) is 5. The van der Waals surface area contributed by atoms with E-state index in [-0.39, 0.29) is 35.3 Å². The monoisotopic (exact) mass is 407 g/mol. The number of hydrogen-bond donors (Lipinski definition) is 1. The molecule has 10 heteroatoms. The van der Waals surface area contributed by atoms with E-state index < -0.39 is 26.7 Å². The second-order valence-electron chi connectivity index (χ2n) is 6.41. The Labute approximate surface area is 161 Å². The quantitative estimate of drug-likeness (QED) is 0.604. The molecule has 28 heavy (non-hydrogen) atoms. The number of benzene rings is 2. The molecule has 0 spiro atoms. The number of piperidine rings is 1. The van der Waals surface area contributed by atoms with E-state index in [0.29, 0.717) is 12.8 Å². The number of rotatable bonds is 5. The van der Waals surface area contributed by atoms with Gasteiger partial charge in [-0.05, 0) is 43.2 Å². The Morgan fingerprint density at radius 1 is 1.14 bits per heavy atom. The molecular formula is C18H18FN3O5S. The highest BCUT2D eigenvalue weighted by molar-refractivity contribution is 7.89. The van der Waals surface area contributed by atoms with Gasteiger partial charge in [0.1, 0.15) is 5.82 Å². The van der Waals surface area contributed by atoms with E-state index in [2.05, 4.69) is 5.32 Å². The summed E-state index contributed by atoms with van der Waals surface area (Å²) in [5.74, 6) is -0.909. The largest absolute Gasteiger partial charge is 0.349 e. The van der Waals surface area contributed by atoms with E-state index >= 15 is 0 Å². The van der Waals surface area contributed by atoms with Gasteiger partial charge < -0.3 is 5.32 Å². The van der Waals surface area contributed by atoms with Gasteiger partial charge in [0.2, 0.25) is 10.0 Å². The van der Waals surface area contributed by atoms with Crippen LogP contribution < -0.4 is 5.32 Å². The predicted molar refractivity (Wildman–Crippen MR) is 98.7 cm³/mol. The molecule has 0 radical (unpaired) electrons. The number of nitro groups is 1. The van der Waals surface area contributed by atoms with E-state index in [9.17, 15) is 27.7 Å². The molecule has 0 bridgehead atoms. The van der Waals surface area contributed by atoms with Crippen LogP contribution in [0.4, 0.5) is 10.1 Å². The standard InChI is InChI=1S/C18H18FN3O5S/c19-14-3-1-2-13(12-14)18(23)20-15-8-10-21(11-9-15)28(26,27)17-6-4-16(5-7-17)22(24)25/h1-7,12,15H,8-11H2,(H,20,23). The SMILES string of the molecule is O=C(NC1CCN(S(=O)(=O)c2ccc([N+](=O)[O-])cc2)CC1)c1cccc(F)c1. The summed E-state index contributed by atoms with van der Waals surface area (Å²) in [6, 6.07) is 9.85. The van der Waals surface area contributed by atoms with Crippen LogP contribution >= 0.6 is 0 Å². The maximum atomic E-state index is 13.2. The van der Waals surface area contributed by atoms with Crippen LogP contribution in [0.1, 0.15) is 23.2 Å². The smallest absolute Gasteiger partial charge is 0.269 e. The summed E-state index contributed by atoms with van der Waals surface area (Å²) in [6.45, 7) is 0.404. The zero-order valence-electron chi connectivity index (χ0n) is 14.7. The molecule has 0 atom stereocenters. The van der Waals surface area contributed by atoms with Gasteiger partial charge >= 0.3 is 0 Å². The van der Waals surface area contributed by atoms with Crippen LogP contribution in [-0.4, -0.2) is 42.7 Å². The lowest BCUT2D eigenvalue weighted by Crippen LogP contribution is -2.46. The van der Waals surface area contributed by atoms with Crippen molar-refractivity contribution in [3.8, 4) is 0 Å². The molecule has 2 aromatic rings. The van der Waals surface area contributed by atoms with Crippen molar-refractivity contribution in [1.82, 2.24) is 9.62 Å². The number of nitrogens with zero attached hydrogens (tertiary/aromatic N) is 2. The summed E-state index contributed by atoms with van der Waals surface area (Å²) >= 11 is 0. The fourth-order valence-corrected chi connectivity index (χ4v) is 4.50. The lowest BCUT2D eigenvalue weighted by atomic mass is 10.1. The number of amides is 1. The maximum absolute atomic E-state index is 13.2. The summed E-state index contributed by atoms with van der Waals surface area (Å²) in [5, 5.41) is 13.5. The first-order valence-electron chi connectivity index (χ1n) is 8.58. The van der Waals surface area contributed by atoms with E-state index in [1.807, 2.05) is 0 Å². The Hall–Kier alpha value is -2.85. The third-order valence-electron chi connectivity index (χ3n) is 4.56. The van der Waals surface area contributed by atoms with E-state index in [0.717, 1.165) is 18.2 Å². The van der Waals surface area contributed by atoms with Crippen LogP contribution in [0.3, 0.4) is 0 Å². The third-order valence-corrected chi connectivity index (χ3v) is 6.47. The lowest BCUT2D eigenvalue weighted by molar-refractivity contribution is -0.384. The number of nitrogens with one attached hydrogen (secondary N) is 1. The van der Waals surface area contributed by atoms with Gasteiger partial charge in [0, 0.05) is 36.8 Å². The first-order valence-corrected chi connectivity index (χ1v) is 10.0. The van der Waals surface area contributed by atoms with E-state index in [1.54, 1.807) is 0 Å². The number of carbonyl (C=O) groups excluding carboxylic acids is 1. The molecule has 0 unspecified atom stereocenters. The van der Waals surface area contributed by atoms with Crippen LogP contribution in [-0.2, 0) is 10.0 Å². The Morgan fingerprint density at radius 2 is 1.79 bits per heavy atom. The van der Waals surface area contributed by atoms with Gasteiger partial charge in [0.05, 0.1) is 9.82 Å². The molecule has 2 aromatic carbocycles. The second kappa shape index (κ2) is 8.03. The van der Waals surface area contributed by atoms with Crippen LogP contribution in [0.5, 0.6) is 0 Å². The van der Waals surface area contributed by atoms with E-state index in [4.69, 9.17) is 0 Å². The predicted octanol–water partition coefficient (Wildman–Crippen LogP) is 2.32. The molecule has 8 nitrogen and oxygen atoms in total. The minimum absolute atomic E-state index is 0.0136. The van der Waals surface area contributed by atoms with Crippen molar-refractivity contribution in [2.24, 2.45) is 0 Å². The molecule has 1 amide bonds. The number of halogens is 1. The fourth-order valence-electron chi connectivity index (χ4n) is 3.03. The zero-order chi connectivity index (χ0) is 20.3. The number of sulfonamides is 1. The molecule has 1 fully saturated rings. The van der Waals surface area contributed by atoms with Crippen LogP contribution in [0.2, 0.25) is 0 Å². The van der Waals surface area contributed by atoms with Crippen molar-refractivity contribution in [1.29, 1.82) is 0 Å². The molecule has 1 aliphatic heterocycles. The van der Waals surface area contributed by atoms with Crippen LogP contribution in [0, 0.1) is 15.9 Å². The summed E-state index contributed by atoms with van der Waals surface area (Å²) in [4.78, 5) is 22.3. The lowest BCUT2D eigenvalue weighted by Gasteiger charge is -2.31. The van der Waals surface area contributed by atoms with Gasteiger partial charge in [-0.2, -0.15) is 4.31 Å². The molecular weight excluding hydrogens is 389 g/mol. The fraction of sp³-hybridized carbons (Fsp3) is 0.278. The van der Waals surface area contributed by atoms with Gasteiger partial charge in [0.25, 0.3) is 11.6 Å². The average Bonchev–Trinajstić information content (AvgIpc) is 2.68. The highest BCUT2D eigenvalue weighted by Gasteiger charge is 2.30. The normalized spacial score (nSPS) is 15.9. The van der Waals surface area contributed by atoms with Gasteiger partial charge in [-0.3, -0.25) is 14.9 Å². The van der Waals surface area contributed by atoms with Crippen LogP contribution in [0.15, 0.2) is 53.4 Å². The topological polar surface area (TPSA) is 110 Å². The third kappa shape index (κ3) is 4.34. The molecule has 1 aliphatic rings. The Bertz CT molecular complexity index is 987. The molecule has 148 valence electrons. The number of non-ortho nitro benzene ring substituents is 1. The first kappa shape index (κ1) is 19.9. The second-order valence-corrected chi connectivity index (χ2v) is 8.35. The van der Waals surface area contributed by atoms with Gasteiger partial charge in [-0.25, -0.2) is 12.8 Å². The van der Waals surface area contributed by atoms with Gasteiger partial charge in [-0.15, -0.1) is 0 Å². The van der Waals surface area contributed by atoms with Crippen LogP contribution in [0.25, 0.3) is 0 Å². The summed E-state index contributed by atoms with van der Waals surface area (Å²) in [6.07, 6.45) is 0.820. The zero-order valence-corrected chi connectivity index (χ0v) is 15.6. The summed E-state index contributed by atoms with van der Waals surface area (Å²) in [7, 11) is -3.77. The van der Waals surface area contributed by atoms with Gasteiger partial charge in [-0.1, -0.05) is 6.07 Å². The first-order chi connectivity index (χ1) is 13.3. The molecule has 3 rings (SSSR count). The Kier molecular flexibility index (Phi) is 5.71. The van der Waals surface area contributed by atoms with Crippen molar-refractivity contribution in [3.05, 3.63) is 70.0 Å². The number of nitro benzene ring substituents is 1. The Morgan fingerprint density at radius 3 is 2.36 bits per heavy atom. The molecule has 0 saturated carbocycles. The average molecular weight is 407 g/mol. The van der Waals surface area contributed by atoms with Crippen molar-refractivity contribution in [3.63, 3.8) is 0 Å². The maximum Gasteiger partial charge on any atom is 0.269 e. The van der Waals surface area contributed by atoms with Gasteiger partial charge in [0.15, 0.2) is 0 Å². The number of carbonyl (C=O) groups is 1. The molecule has 1 N–H and O–H groups in total. The molecule has 1 saturated heterocycles. The highest BCUT2D eigenvalue weighted by atomic mass is 32.2.